The number of aromatic nitrogens is 1. The molecule has 2 heterocycles. The average molecular weight is 326 g/mol. The second kappa shape index (κ2) is 6.19. The standard InChI is InChI=1S/C17H18N4O3/c1-10-9-13(20-24-10)18-16(22)14-11(2)21(3)17(23)19-15(14)12-7-5-4-6-8-12/h4-9,15H,1-3H3,(H,19,23)(H,18,20,22). The summed E-state index contributed by atoms with van der Waals surface area (Å²) in [6.07, 6.45) is 0. The average Bonchev–Trinajstić information content (AvgIpc) is 2.97. The zero-order valence-corrected chi connectivity index (χ0v) is 13.7. The lowest BCUT2D eigenvalue weighted by atomic mass is 9.94. The van der Waals surface area contributed by atoms with Gasteiger partial charge in [-0.05, 0) is 19.4 Å². The first-order valence-corrected chi connectivity index (χ1v) is 7.52. The molecule has 0 aliphatic carbocycles. The number of urea groups is 1. The third kappa shape index (κ3) is 2.88. The Morgan fingerprint density at radius 3 is 2.62 bits per heavy atom. The Morgan fingerprint density at radius 1 is 1.29 bits per heavy atom. The monoisotopic (exact) mass is 326 g/mol. The van der Waals surface area contributed by atoms with E-state index in [1.807, 2.05) is 30.3 Å². The molecular formula is C17H18N4O3. The van der Waals surface area contributed by atoms with Gasteiger partial charge in [0.25, 0.3) is 5.91 Å². The lowest BCUT2D eigenvalue weighted by molar-refractivity contribution is -0.113. The molecule has 124 valence electrons. The lowest BCUT2D eigenvalue weighted by Gasteiger charge is -2.33. The van der Waals surface area contributed by atoms with Gasteiger partial charge in [-0.1, -0.05) is 35.5 Å². The maximum absolute atomic E-state index is 12.8. The third-order valence-corrected chi connectivity index (χ3v) is 4.00. The predicted molar refractivity (Wildman–Crippen MR) is 88.0 cm³/mol. The van der Waals surface area contributed by atoms with Gasteiger partial charge in [0.2, 0.25) is 0 Å². The summed E-state index contributed by atoms with van der Waals surface area (Å²) in [6, 6.07) is 10.2. The minimum absolute atomic E-state index is 0.254. The summed E-state index contributed by atoms with van der Waals surface area (Å²) < 4.78 is 4.97. The van der Waals surface area contributed by atoms with Gasteiger partial charge in [-0.2, -0.15) is 0 Å². The van der Waals surface area contributed by atoms with Crippen molar-refractivity contribution in [1.29, 1.82) is 0 Å². The van der Waals surface area contributed by atoms with Crippen molar-refractivity contribution in [2.75, 3.05) is 12.4 Å². The number of hydrogen-bond acceptors (Lipinski definition) is 4. The van der Waals surface area contributed by atoms with Crippen LogP contribution in [-0.2, 0) is 4.79 Å². The minimum Gasteiger partial charge on any atom is -0.360 e. The molecule has 0 radical (unpaired) electrons. The van der Waals surface area contributed by atoms with Gasteiger partial charge in [0.15, 0.2) is 5.82 Å². The molecule has 1 aromatic carbocycles. The van der Waals surface area contributed by atoms with Crippen molar-refractivity contribution < 1.29 is 14.1 Å². The highest BCUT2D eigenvalue weighted by molar-refractivity contribution is 6.06. The fourth-order valence-electron chi connectivity index (χ4n) is 2.63. The molecule has 7 nitrogen and oxygen atoms in total. The molecule has 0 saturated carbocycles. The van der Waals surface area contributed by atoms with Crippen molar-refractivity contribution in [3.8, 4) is 0 Å². The molecule has 1 aliphatic heterocycles. The number of hydrogen-bond donors (Lipinski definition) is 2. The molecule has 1 aromatic heterocycles. The number of aryl methyl sites for hydroxylation is 1. The Labute approximate surface area is 139 Å². The summed E-state index contributed by atoms with van der Waals surface area (Å²) in [4.78, 5) is 26.4. The van der Waals surface area contributed by atoms with Crippen molar-refractivity contribution in [2.45, 2.75) is 19.9 Å². The van der Waals surface area contributed by atoms with Crippen LogP contribution in [0.3, 0.4) is 0 Å². The van der Waals surface area contributed by atoms with E-state index in [0.29, 0.717) is 22.8 Å². The van der Waals surface area contributed by atoms with Gasteiger partial charge in [-0.25, -0.2) is 4.79 Å². The minimum atomic E-state index is -0.525. The number of benzene rings is 1. The van der Waals surface area contributed by atoms with E-state index in [0.717, 1.165) is 5.56 Å². The van der Waals surface area contributed by atoms with Crippen LogP contribution in [0.4, 0.5) is 10.6 Å². The van der Waals surface area contributed by atoms with E-state index < -0.39 is 6.04 Å². The molecule has 0 saturated heterocycles. The molecule has 0 bridgehead atoms. The van der Waals surface area contributed by atoms with Gasteiger partial charge in [0, 0.05) is 18.8 Å². The summed E-state index contributed by atoms with van der Waals surface area (Å²) >= 11 is 0. The molecular weight excluding hydrogens is 308 g/mol. The molecule has 3 amide bonds. The Bertz CT molecular complexity index is 810. The molecule has 1 atom stereocenters. The number of carbonyl (C=O) groups is 2. The van der Waals surface area contributed by atoms with Gasteiger partial charge in [0.05, 0.1) is 11.6 Å². The number of nitrogens with zero attached hydrogens (tertiary/aromatic N) is 2. The predicted octanol–water partition coefficient (Wildman–Crippen LogP) is 2.59. The van der Waals surface area contributed by atoms with E-state index >= 15 is 0 Å². The third-order valence-electron chi connectivity index (χ3n) is 4.00. The molecule has 2 N–H and O–H groups in total. The van der Waals surface area contributed by atoms with Gasteiger partial charge >= 0.3 is 6.03 Å². The summed E-state index contributed by atoms with van der Waals surface area (Å²) in [5, 5.41) is 9.35. The molecule has 1 aliphatic rings. The molecule has 2 aromatic rings. The van der Waals surface area contributed by atoms with E-state index in [9.17, 15) is 9.59 Å². The Kier molecular flexibility index (Phi) is 4.07. The van der Waals surface area contributed by atoms with Gasteiger partial charge in [0.1, 0.15) is 5.76 Å². The largest absolute Gasteiger partial charge is 0.360 e. The van der Waals surface area contributed by atoms with E-state index in [1.165, 1.54) is 4.90 Å². The first-order valence-electron chi connectivity index (χ1n) is 7.52. The van der Waals surface area contributed by atoms with Crippen molar-refractivity contribution in [3.63, 3.8) is 0 Å². The number of rotatable bonds is 3. The quantitative estimate of drug-likeness (QED) is 0.907. The number of allylic oxidation sites excluding steroid dienone is 1. The van der Waals surface area contributed by atoms with Crippen LogP contribution in [0.25, 0.3) is 0 Å². The SMILES string of the molecule is CC1=C(C(=O)Nc2cc(C)on2)C(c2ccccc2)NC(=O)N1C. The first kappa shape index (κ1) is 15.8. The van der Waals surface area contributed by atoms with E-state index in [-0.39, 0.29) is 11.9 Å². The van der Waals surface area contributed by atoms with Gasteiger partial charge in [-0.15, -0.1) is 0 Å². The van der Waals surface area contributed by atoms with Gasteiger partial charge < -0.3 is 20.1 Å². The summed E-state index contributed by atoms with van der Waals surface area (Å²) in [7, 11) is 1.62. The van der Waals surface area contributed by atoms with Crippen LogP contribution >= 0.6 is 0 Å². The number of carbonyl (C=O) groups excluding carboxylic acids is 2. The Hall–Kier alpha value is -3.09. The smallest absolute Gasteiger partial charge is 0.322 e. The number of anilines is 1. The molecule has 3 rings (SSSR count). The highest BCUT2D eigenvalue weighted by Gasteiger charge is 2.34. The van der Waals surface area contributed by atoms with Crippen molar-refractivity contribution in [2.24, 2.45) is 0 Å². The fourth-order valence-corrected chi connectivity index (χ4v) is 2.63. The van der Waals surface area contributed by atoms with Crippen LogP contribution < -0.4 is 10.6 Å². The Balaban J connectivity index is 1.98. The highest BCUT2D eigenvalue weighted by Crippen LogP contribution is 2.30. The van der Waals surface area contributed by atoms with Crippen molar-refractivity contribution in [1.82, 2.24) is 15.4 Å². The van der Waals surface area contributed by atoms with Crippen LogP contribution in [-0.4, -0.2) is 29.0 Å². The summed E-state index contributed by atoms with van der Waals surface area (Å²) in [6.45, 7) is 3.49. The van der Waals surface area contributed by atoms with E-state index in [2.05, 4.69) is 15.8 Å². The van der Waals surface area contributed by atoms with Crippen LogP contribution in [0.15, 0.2) is 52.2 Å². The normalized spacial score (nSPS) is 17.7. The van der Waals surface area contributed by atoms with Crippen molar-refractivity contribution in [3.05, 3.63) is 59.0 Å². The maximum Gasteiger partial charge on any atom is 0.322 e. The second-order valence-electron chi connectivity index (χ2n) is 5.63. The number of nitrogens with one attached hydrogen (secondary N) is 2. The van der Waals surface area contributed by atoms with Crippen LogP contribution in [0, 0.1) is 6.92 Å². The lowest BCUT2D eigenvalue weighted by Crippen LogP contribution is -2.46. The van der Waals surface area contributed by atoms with Crippen molar-refractivity contribution >= 4 is 17.8 Å². The zero-order chi connectivity index (χ0) is 17.3. The molecule has 1 unspecified atom stereocenters. The van der Waals surface area contributed by atoms with Crippen LogP contribution in [0.2, 0.25) is 0 Å². The maximum atomic E-state index is 12.8. The fraction of sp³-hybridized carbons (Fsp3) is 0.235. The first-order chi connectivity index (χ1) is 11.5. The highest BCUT2D eigenvalue weighted by atomic mass is 16.5. The van der Waals surface area contributed by atoms with E-state index in [4.69, 9.17) is 4.52 Å². The summed E-state index contributed by atoms with van der Waals surface area (Å²) in [5.74, 6) is 0.607. The zero-order valence-electron chi connectivity index (χ0n) is 13.7. The van der Waals surface area contributed by atoms with E-state index in [1.54, 1.807) is 27.0 Å². The Morgan fingerprint density at radius 2 is 2.00 bits per heavy atom. The molecule has 0 fully saturated rings. The van der Waals surface area contributed by atoms with Crippen LogP contribution in [0.1, 0.15) is 24.3 Å². The topological polar surface area (TPSA) is 87.5 Å². The molecule has 24 heavy (non-hydrogen) atoms. The number of amides is 3. The summed E-state index contributed by atoms with van der Waals surface area (Å²) in [5.41, 5.74) is 1.88. The molecule has 7 heteroatoms. The van der Waals surface area contributed by atoms with Gasteiger partial charge in [-0.3, -0.25) is 4.79 Å². The molecule has 0 spiro atoms. The van der Waals surface area contributed by atoms with Crippen LogP contribution in [0.5, 0.6) is 0 Å². The second-order valence-corrected chi connectivity index (χ2v) is 5.63.